The van der Waals surface area contributed by atoms with Crippen LogP contribution in [0.1, 0.15) is 35.8 Å². The fraction of sp³-hybridized carbons (Fsp3) is 0.263. The number of amides is 1. The maximum absolute atomic E-state index is 12.5. The molecule has 26 heavy (non-hydrogen) atoms. The van der Waals surface area contributed by atoms with Gasteiger partial charge in [-0.3, -0.25) is 18.7 Å². The van der Waals surface area contributed by atoms with Gasteiger partial charge in [-0.15, -0.1) is 0 Å². The number of benzene rings is 1. The fourth-order valence-electron chi connectivity index (χ4n) is 2.75. The molecule has 0 saturated heterocycles. The van der Waals surface area contributed by atoms with Crippen molar-refractivity contribution in [1.82, 2.24) is 14.1 Å². The highest BCUT2D eigenvalue weighted by Gasteiger charge is 2.14. The normalized spacial score (nSPS) is 11.1. The van der Waals surface area contributed by atoms with Crippen molar-refractivity contribution in [3.63, 3.8) is 0 Å². The molecule has 2 aromatic heterocycles. The average molecular weight is 352 g/mol. The van der Waals surface area contributed by atoms with Crippen LogP contribution in [0, 0.1) is 0 Å². The first-order valence-electron chi connectivity index (χ1n) is 8.27. The molecule has 0 radical (unpaired) electrons. The van der Waals surface area contributed by atoms with Gasteiger partial charge in [-0.2, -0.15) is 0 Å². The molecule has 0 aliphatic heterocycles. The second-order valence-corrected chi connectivity index (χ2v) is 6.51. The van der Waals surface area contributed by atoms with E-state index in [0.717, 1.165) is 10.1 Å². The van der Waals surface area contributed by atoms with Crippen molar-refractivity contribution in [2.75, 3.05) is 5.32 Å². The number of fused-ring (bicyclic) bond motifs is 1. The summed E-state index contributed by atoms with van der Waals surface area (Å²) in [5.41, 5.74) is 1.17. The van der Waals surface area contributed by atoms with E-state index in [1.807, 2.05) is 18.2 Å². The zero-order chi connectivity index (χ0) is 19.0. The van der Waals surface area contributed by atoms with Crippen molar-refractivity contribution in [3.05, 3.63) is 68.5 Å². The zero-order valence-electron chi connectivity index (χ0n) is 15.1. The molecule has 0 fully saturated rings. The number of carbonyl (C=O) groups excluding carboxylic acids is 1. The maximum atomic E-state index is 12.5. The lowest BCUT2D eigenvalue weighted by Crippen LogP contribution is -2.37. The molecule has 0 aliphatic carbocycles. The van der Waals surface area contributed by atoms with E-state index < -0.39 is 17.2 Å². The van der Waals surface area contributed by atoms with E-state index in [1.54, 1.807) is 6.07 Å². The van der Waals surface area contributed by atoms with E-state index in [0.29, 0.717) is 11.6 Å². The highest BCUT2D eigenvalue weighted by atomic mass is 16.2. The van der Waals surface area contributed by atoms with Gasteiger partial charge in [-0.25, -0.2) is 9.78 Å². The third-order valence-electron chi connectivity index (χ3n) is 4.35. The minimum Gasteiger partial charge on any atom is -0.321 e. The van der Waals surface area contributed by atoms with E-state index >= 15 is 0 Å². The lowest BCUT2D eigenvalue weighted by Gasteiger charge is -2.10. The van der Waals surface area contributed by atoms with Gasteiger partial charge in [0.25, 0.3) is 11.5 Å². The molecule has 1 N–H and O–H groups in total. The molecule has 0 saturated carbocycles. The van der Waals surface area contributed by atoms with Crippen LogP contribution in [-0.2, 0) is 14.1 Å². The van der Waals surface area contributed by atoms with Gasteiger partial charge in [0.05, 0.1) is 5.39 Å². The van der Waals surface area contributed by atoms with Gasteiger partial charge in [0.15, 0.2) is 0 Å². The van der Waals surface area contributed by atoms with E-state index in [-0.39, 0.29) is 16.7 Å². The molecule has 0 bridgehead atoms. The van der Waals surface area contributed by atoms with Crippen LogP contribution < -0.4 is 16.6 Å². The molecular weight excluding hydrogens is 332 g/mol. The minimum absolute atomic E-state index is 0.135. The number of aryl methyl sites for hydroxylation is 1. The summed E-state index contributed by atoms with van der Waals surface area (Å²) in [6.07, 6.45) is 0. The predicted molar refractivity (Wildman–Crippen MR) is 101 cm³/mol. The zero-order valence-corrected chi connectivity index (χ0v) is 15.1. The fourth-order valence-corrected chi connectivity index (χ4v) is 2.75. The Morgan fingerprint density at radius 2 is 1.81 bits per heavy atom. The minimum atomic E-state index is -0.489. The molecule has 7 heteroatoms. The van der Waals surface area contributed by atoms with Gasteiger partial charge in [0, 0.05) is 19.8 Å². The molecule has 0 atom stereocenters. The Balaban J connectivity index is 2.01. The summed E-state index contributed by atoms with van der Waals surface area (Å²) in [4.78, 5) is 41.0. The lowest BCUT2D eigenvalue weighted by atomic mass is 10.0. The Labute approximate surface area is 149 Å². The van der Waals surface area contributed by atoms with Gasteiger partial charge in [0.2, 0.25) is 0 Å². The number of nitrogens with one attached hydrogen (secondary N) is 1. The molecule has 0 aliphatic rings. The monoisotopic (exact) mass is 352 g/mol. The average Bonchev–Trinajstić information content (AvgIpc) is 2.64. The number of hydrogen-bond acceptors (Lipinski definition) is 4. The second kappa shape index (κ2) is 6.59. The van der Waals surface area contributed by atoms with Crippen LogP contribution in [0.4, 0.5) is 5.69 Å². The quantitative estimate of drug-likeness (QED) is 0.781. The largest absolute Gasteiger partial charge is 0.332 e. The van der Waals surface area contributed by atoms with Gasteiger partial charge < -0.3 is 5.32 Å². The molecule has 3 rings (SSSR count). The summed E-state index contributed by atoms with van der Waals surface area (Å²) in [7, 11) is 2.93. The SMILES string of the molecule is CC(C)c1cccc(NC(=O)c2ccc3c(=O)n(C)c(=O)n(C)c3n2)c1. The molecule has 0 unspecified atom stereocenters. The molecule has 1 amide bonds. The van der Waals surface area contributed by atoms with Gasteiger partial charge in [-0.05, 0) is 35.7 Å². The van der Waals surface area contributed by atoms with E-state index in [2.05, 4.69) is 24.1 Å². The topological polar surface area (TPSA) is 86.0 Å². The number of anilines is 1. The molecule has 134 valence electrons. The van der Waals surface area contributed by atoms with Crippen LogP contribution in [0.5, 0.6) is 0 Å². The number of carbonyl (C=O) groups is 1. The van der Waals surface area contributed by atoms with Crippen molar-refractivity contribution in [2.24, 2.45) is 14.1 Å². The van der Waals surface area contributed by atoms with Crippen molar-refractivity contribution in [3.8, 4) is 0 Å². The Kier molecular flexibility index (Phi) is 4.46. The molecule has 0 spiro atoms. The number of nitrogens with zero attached hydrogens (tertiary/aromatic N) is 3. The van der Waals surface area contributed by atoms with Crippen LogP contribution in [-0.4, -0.2) is 20.0 Å². The first-order valence-corrected chi connectivity index (χ1v) is 8.27. The summed E-state index contributed by atoms with van der Waals surface area (Å²) in [5.74, 6) is -0.0580. The Hall–Kier alpha value is -3.22. The van der Waals surface area contributed by atoms with Crippen LogP contribution in [0.15, 0.2) is 46.0 Å². The Morgan fingerprint density at radius 1 is 1.08 bits per heavy atom. The van der Waals surface area contributed by atoms with Crippen LogP contribution in [0.3, 0.4) is 0 Å². The second-order valence-electron chi connectivity index (χ2n) is 6.51. The first-order chi connectivity index (χ1) is 12.3. The van der Waals surface area contributed by atoms with Crippen LogP contribution in [0.2, 0.25) is 0 Å². The summed E-state index contributed by atoms with van der Waals surface area (Å²) in [6.45, 7) is 4.15. The number of hydrogen-bond donors (Lipinski definition) is 1. The summed E-state index contributed by atoms with van der Waals surface area (Å²) in [5, 5.41) is 3.09. The Bertz CT molecular complexity index is 1130. The van der Waals surface area contributed by atoms with E-state index in [9.17, 15) is 14.4 Å². The third-order valence-corrected chi connectivity index (χ3v) is 4.35. The molecule has 7 nitrogen and oxygen atoms in total. The van der Waals surface area contributed by atoms with E-state index in [4.69, 9.17) is 0 Å². The highest BCUT2D eigenvalue weighted by molar-refractivity contribution is 6.03. The Morgan fingerprint density at radius 3 is 2.50 bits per heavy atom. The van der Waals surface area contributed by atoms with Crippen molar-refractivity contribution in [2.45, 2.75) is 19.8 Å². The lowest BCUT2D eigenvalue weighted by molar-refractivity contribution is 0.102. The van der Waals surface area contributed by atoms with Crippen molar-refractivity contribution >= 4 is 22.6 Å². The number of rotatable bonds is 3. The van der Waals surface area contributed by atoms with Gasteiger partial charge in [-0.1, -0.05) is 26.0 Å². The summed E-state index contributed by atoms with van der Waals surface area (Å²) < 4.78 is 2.27. The summed E-state index contributed by atoms with van der Waals surface area (Å²) >= 11 is 0. The number of pyridine rings is 1. The molecular formula is C19H20N4O3. The number of aromatic nitrogens is 3. The highest BCUT2D eigenvalue weighted by Crippen LogP contribution is 2.19. The first kappa shape index (κ1) is 17.6. The van der Waals surface area contributed by atoms with Crippen LogP contribution in [0.25, 0.3) is 11.0 Å². The van der Waals surface area contributed by atoms with E-state index in [1.165, 1.54) is 30.8 Å². The van der Waals surface area contributed by atoms with Gasteiger partial charge >= 0.3 is 5.69 Å². The molecule has 3 aromatic rings. The summed E-state index contributed by atoms with van der Waals surface area (Å²) in [6, 6.07) is 10.6. The van der Waals surface area contributed by atoms with Crippen LogP contribution >= 0.6 is 0 Å². The molecule has 2 heterocycles. The van der Waals surface area contributed by atoms with Crippen molar-refractivity contribution < 1.29 is 4.79 Å². The van der Waals surface area contributed by atoms with Crippen molar-refractivity contribution in [1.29, 1.82) is 0 Å². The predicted octanol–water partition coefficient (Wildman–Crippen LogP) is 2.01. The smallest absolute Gasteiger partial charge is 0.321 e. The molecule has 1 aromatic carbocycles. The third kappa shape index (κ3) is 3.03. The maximum Gasteiger partial charge on any atom is 0.332 e. The van der Waals surface area contributed by atoms with Gasteiger partial charge in [0.1, 0.15) is 11.3 Å². The standard InChI is InChI=1S/C19H20N4O3/c1-11(2)12-6-5-7-13(10-12)20-17(24)15-9-8-14-16(21-15)22(3)19(26)23(4)18(14)25/h5-11H,1-4H3,(H,20,24).